The zero-order chi connectivity index (χ0) is 18.0. The lowest BCUT2D eigenvalue weighted by Crippen LogP contribution is -2.27. The Kier molecular flexibility index (Phi) is 5.51. The molecule has 0 unspecified atom stereocenters. The van der Waals surface area contributed by atoms with Crippen LogP contribution in [0.1, 0.15) is 11.1 Å². The highest BCUT2D eigenvalue weighted by atomic mass is 79.9. The number of hydrogen-bond donors (Lipinski definition) is 0. The predicted molar refractivity (Wildman–Crippen MR) is 104 cm³/mol. The van der Waals surface area contributed by atoms with Crippen molar-refractivity contribution in [1.29, 1.82) is 0 Å². The molecule has 1 heterocycles. The first-order valence-electron chi connectivity index (χ1n) is 7.31. The molecule has 0 atom stereocenters. The molecule has 0 N–H and O–H groups in total. The van der Waals surface area contributed by atoms with Gasteiger partial charge in [-0.2, -0.15) is 0 Å². The molecule has 0 spiro atoms. The standard InChI is InChI=1S/C18H13BrClNO3S/c1-24-15-7-4-12(8-14(15)19)9-16-17(22)21(18(23)25-16)10-11-2-5-13(20)6-3-11/h2-9H,10H2,1H3. The van der Waals surface area contributed by atoms with Crippen molar-refractivity contribution in [2.75, 3.05) is 7.11 Å². The van der Waals surface area contributed by atoms with Crippen molar-refractivity contribution in [3.05, 3.63) is 68.0 Å². The smallest absolute Gasteiger partial charge is 0.293 e. The van der Waals surface area contributed by atoms with Crippen molar-refractivity contribution < 1.29 is 14.3 Å². The summed E-state index contributed by atoms with van der Waals surface area (Å²) in [7, 11) is 1.59. The molecule has 1 aliphatic rings. The number of halogens is 2. The highest BCUT2D eigenvalue weighted by molar-refractivity contribution is 9.10. The van der Waals surface area contributed by atoms with Gasteiger partial charge in [0.25, 0.3) is 11.1 Å². The third-order valence-electron chi connectivity index (χ3n) is 3.60. The molecule has 7 heteroatoms. The SMILES string of the molecule is COc1ccc(C=C2SC(=O)N(Cc3ccc(Cl)cc3)C2=O)cc1Br. The second kappa shape index (κ2) is 7.64. The van der Waals surface area contributed by atoms with E-state index in [4.69, 9.17) is 16.3 Å². The van der Waals surface area contributed by atoms with E-state index < -0.39 is 0 Å². The molecule has 3 rings (SSSR count). The van der Waals surface area contributed by atoms with Gasteiger partial charge in [-0.15, -0.1) is 0 Å². The van der Waals surface area contributed by atoms with E-state index in [1.54, 1.807) is 43.5 Å². The van der Waals surface area contributed by atoms with E-state index in [2.05, 4.69) is 15.9 Å². The average molecular weight is 439 g/mol. The lowest BCUT2D eigenvalue weighted by molar-refractivity contribution is -0.123. The monoisotopic (exact) mass is 437 g/mol. The number of benzene rings is 2. The number of carbonyl (C=O) groups excluding carboxylic acids is 2. The minimum absolute atomic E-state index is 0.228. The van der Waals surface area contributed by atoms with Crippen LogP contribution in [-0.4, -0.2) is 23.2 Å². The Morgan fingerprint density at radius 2 is 1.92 bits per heavy atom. The van der Waals surface area contributed by atoms with Crippen molar-refractivity contribution in [3.63, 3.8) is 0 Å². The molecule has 25 heavy (non-hydrogen) atoms. The number of rotatable bonds is 4. The van der Waals surface area contributed by atoms with Gasteiger partial charge < -0.3 is 4.74 Å². The molecule has 0 aliphatic carbocycles. The number of imide groups is 1. The van der Waals surface area contributed by atoms with Crippen LogP contribution in [0.4, 0.5) is 4.79 Å². The normalized spacial score (nSPS) is 16.0. The number of ether oxygens (including phenoxy) is 1. The fraction of sp³-hybridized carbons (Fsp3) is 0.111. The first kappa shape index (κ1) is 18.0. The van der Waals surface area contributed by atoms with Crippen LogP contribution in [0.5, 0.6) is 5.75 Å². The molecule has 0 bridgehead atoms. The summed E-state index contributed by atoms with van der Waals surface area (Å²) in [5.74, 6) is 0.407. The van der Waals surface area contributed by atoms with Gasteiger partial charge in [0.15, 0.2) is 0 Å². The van der Waals surface area contributed by atoms with Crippen LogP contribution in [-0.2, 0) is 11.3 Å². The van der Waals surface area contributed by atoms with Crippen molar-refractivity contribution in [2.24, 2.45) is 0 Å². The molecule has 2 amide bonds. The van der Waals surface area contributed by atoms with Crippen molar-refractivity contribution in [3.8, 4) is 5.75 Å². The minimum Gasteiger partial charge on any atom is -0.496 e. The van der Waals surface area contributed by atoms with Crippen molar-refractivity contribution in [2.45, 2.75) is 6.54 Å². The molecule has 4 nitrogen and oxygen atoms in total. The van der Waals surface area contributed by atoms with E-state index >= 15 is 0 Å². The van der Waals surface area contributed by atoms with Crippen LogP contribution in [0, 0.1) is 0 Å². The Labute approximate surface area is 162 Å². The summed E-state index contributed by atoms with van der Waals surface area (Å²) in [6.07, 6.45) is 1.71. The van der Waals surface area contributed by atoms with Gasteiger partial charge in [0.2, 0.25) is 0 Å². The van der Waals surface area contributed by atoms with Gasteiger partial charge in [0.1, 0.15) is 5.75 Å². The second-order valence-electron chi connectivity index (χ2n) is 5.29. The highest BCUT2D eigenvalue weighted by Crippen LogP contribution is 2.34. The van der Waals surface area contributed by atoms with Gasteiger partial charge in [0, 0.05) is 5.02 Å². The van der Waals surface area contributed by atoms with E-state index in [0.29, 0.717) is 15.7 Å². The summed E-state index contributed by atoms with van der Waals surface area (Å²) in [6.45, 7) is 0.228. The van der Waals surface area contributed by atoms with E-state index in [-0.39, 0.29) is 17.7 Å². The van der Waals surface area contributed by atoms with Gasteiger partial charge in [-0.25, -0.2) is 0 Å². The van der Waals surface area contributed by atoms with Gasteiger partial charge in [-0.1, -0.05) is 29.8 Å². The third kappa shape index (κ3) is 4.08. The predicted octanol–water partition coefficient (Wildman–Crippen LogP) is 5.35. The summed E-state index contributed by atoms with van der Waals surface area (Å²) in [5, 5.41) is 0.335. The van der Waals surface area contributed by atoms with Crippen molar-refractivity contribution in [1.82, 2.24) is 4.90 Å². The maximum atomic E-state index is 12.6. The first-order chi connectivity index (χ1) is 12.0. The lowest BCUT2D eigenvalue weighted by atomic mass is 10.2. The quantitative estimate of drug-likeness (QED) is 0.604. The van der Waals surface area contributed by atoms with Gasteiger partial charge in [0.05, 0.1) is 23.0 Å². The minimum atomic E-state index is -0.295. The number of thioether (sulfide) groups is 1. The zero-order valence-corrected chi connectivity index (χ0v) is 16.3. The molecule has 2 aromatic carbocycles. The Hall–Kier alpha value is -1.76. The molecule has 1 fully saturated rings. The topological polar surface area (TPSA) is 46.6 Å². The largest absolute Gasteiger partial charge is 0.496 e. The second-order valence-corrected chi connectivity index (χ2v) is 7.57. The van der Waals surface area contributed by atoms with Crippen LogP contribution in [0.2, 0.25) is 5.02 Å². The molecule has 128 valence electrons. The number of hydrogen-bond acceptors (Lipinski definition) is 4. The van der Waals surface area contributed by atoms with Crippen LogP contribution in [0.15, 0.2) is 51.8 Å². The van der Waals surface area contributed by atoms with Crippen LogP contribution in [0.25, 0.3) is 6.08 Å². The van der Waals surface area contributed by atoms with Gasteiger partial charge in [-0.05, 0) is 69.2 Å². The molecule has 1 aliphatic heterocycles. The number of nitrogens with zero attached hydrogens (tertiary/aromatic N) is 1. The van der Waals surface area contributed by atoms with E-state index in [1.165, 1.54) is 4.90 Å². The van der Waals surface area contributed by atoms with Crippen molar-refractivity contribution >= 4 is 56.5 Å². The average Bonchev–Trinajstić information content (AvgIpc) is 2.84. The van der Waals surface area contributed by atoms with E-state index in [0.717, 1.165) is 27.4 Å². The maximum Gasteiger partial charge on any atom is 0.293 e. The number of methoxy groups -OCH3 is 1. The zero-order valence-electron chi connectivity index (χ0n) is 13.2. The van der Waals surface area contributed by atoms with Crippen LogP contribution >= 0.6 is 39.3 Å². The van der Waals surface area contributed by atoms with Gasteiger partial charge >= 0.3 is 0 Å². The number of carbonyl (C=O) groups is 2. The lowest BCUT2D eigenvalue weighted by Gasteiger charge is -2.12. The molecule has 0 saturated carbocycles. The summed E-state index contributed by atoms with van der Waals surface area (Å²) in [5.41, 5.74) is 1.66. The Bertz CT molecular complexity index is 867. The molecule has 0 radical (unpaired) electrons. The Morgan fingerprint density at radius 3 is 2.56 bits per heavy atom. The molecular weight excluding hydrogens is 426 g/mol. The van der Waals surface area contributed by atoms with Gasteiger partial charge in [-0.3, -0.25) is 14.5 Å². The summed E-state index contributed by atoms with van der Waals surface area (Å²) >= 11 is 10.2. The van der Waals surface area contributed by atoms with E-state index in [9.17, 15) is 9.59 Å². The molecular formula is C18H13BrClNO3S. The molecule has 1 saturated heterocycles. The summed E-state index contributed by atoms with van der Waals surface area (Å²) in [4.78, 5) is 26.4. The molecule has 2 aromatic rings. The summed E-state index contributed by atoms with van der Waals surface area (Å²) < 4.78 is 5.97. The number of amides is 2. The Morgan fingerprint density at radius 1 is 1.20 bits per heavy atom. The first-order valence-corrected chi connectivity index (χ1v) is 9.30. The summed E-state index contributed by atoms with van der Waals surface area (Å²) in [6, 6.07) is 12.5. The van der Waals surface area contributed by atoms with Crippen LogP contribution < -0.4 is 4.74 Å². The maximum absolute atomic E-state index is 12.6. The fourth-order valence-corrected chi connectivity index (χ4v) is 3.86. The molecule has 0 aromatic heterocycles. The fourth-order valence-electron chi connectivity index (χ4n) is 2.33. The third-order valence-corrected chi connectivity index (χ3v) is 5.38. The van der Waals surface area contributed by atoms with Crippen LogP contribution in [0.3, 0.4) is 0 Å². The van der Waals surface area contributed by atoms with E-state index in [1.807, 2.05) is 12.1 Å². The highest BCUT2D eigenvalue weighted by Gasteiger charge is 2.34. The Balaban J connectivity index is 1.80.